The maximum Gasteiger partial charge on any atom is 0.326 e. The van der Waals surface area contributed by atoms with Crippen molar-refractivity contribution in [2.75, 3.05) is 13.1 Å². The third kappa shape index (κ3) is 23.2. The van der Waals surface area contributed by atoms with Crippen LogP contribution in [0.5, 0.6) is 0 Å². The molecule has 0 saturated carbocycles. The number of likely N-dealkylation sites (tertiary alicyclic amines) is 2. The summed E-state index contributed by atoms with van der Waals surface area (Å²) in [6.45, 7) is 5.57. The summed E-state index contributed by atoms with van der Waals surface area (Å²) in [5.41, 5.74) is 2.59. The van der Waals surface area contributed by atoms with Gasteiger partial charge in [-0.05, 0) is 82.1 Å². The van der Waals surface area contributed by atoms with Crippen LogP contribution < -0.4 is 47.9 Å². The molecule has 11 amide bonds. The maximum absolute atomic E-state index is 15.1. The number of hydrogen-bond acceptors (Lipinski definition) is 17. The van der Waals surface area contributed by atoms with Crippen LogP contribution in [0.4, 0.5) is 0 Å². The molecule has 4 aromatic rings. The second kappa shape index (κ2) is 37.5. The summed E-state index contributed by atoms with van der Waals surface area (Å²) in [7, 11) is 0. The first-order valence-electron chi connectivity index (χ1n) is 32.7. The number of amides is 11. The van der Waals surface area contributed by atoms with E-state index in [0.717, 1.165) is 38.2 Å². The van der Waals surface area contributed by atoms with Crippen LogP contribution in [0.3, 0.4) is 0 Å². The highest BCUT2D eigenvalue weighted by Crippen LogP contribution is 2.23. The van der Waals surface area contributed by atoms with Gasteiger partial charge in [0.25, 0.3) is 0 Å². The standard InChI is InChI=1S/C69H89N11O19/c1-38(81)55(64(93)71-47(69(98)99)30-31-54(86)87)77-65(94)56(39(2)82)75-63(92)53-29-19-33-80(53)68(97)58(41(4)84)78-66(95)57(40(3)83)76-62(91)52-28-18-32-79(52)67(96)51(37-46-26-16-9-17-27-46)74-61(90)50(36-45-24-14-8-15-25-45)73-60(89)49(35-44-22-12-7-13-23-44)72-59(88)48(70-42(5)85)34-43-20-10-6-11-21-43/h6-17,20-27,38-41,47-53,55-58,81-84H,18-19,28-37H2,1-5H3,(H,70,85)(H,71,93)(H,72,88)(H,73,89)(H,74,90)(H,75,92)(H,76,91)(H,77,94)(H,78,95)(H,86,87)(H,98,99)/t38-,39-,40-,41-,47+,48+,49+,50+,51+,52+,53+,55+,56+,57+,58+/m1/s1. The summed E-state index contributed by atoms with van der Waals surface area (Å²) in [5, 5.41) is 84.3. The molecule has 0 bridgehead atoms. The Morgan fingerprint density at radius 1 is 0.384 bits per heavy atom. The SMILES string of the molecule is CC(=O)N[C@@H](Cc1ccccc1)C(=O)N[C@@H](Cc1ccccc1)C(=O)N[C@@H](Cc1ccccc1)C(=O)N[C@@H](Cc1ccccc1)C(=O)N1CCC[C@H]1C(=O)N[C@H](C(=O)N[C@H](C(=O)N1CCC[C@H]1C(=O)N[C@H](C(=O)N[C@H](C(=O)N[C@@H](CCC(=O)O)C(=O)O)[C@@H](C)O)[C@@H](C)O)[C@@H](C)O)[C@@H](C)O. The molecule has 0 aromatic heterocycles. The lowest BCUT2D eigenvalue weighted by atomic mass is 10.00. The molecule has 534 valence electrons. The Kier molecular flexibility index (Phi) is 29.5. The van der Waals surface area contributed by atoms with E-state index in [-0.39, 0.29) is 64.5 Å². The van der Waals surface area contributed by atoms with E-state index in [2.05, 4.69) is 42.5 Å². The van der Waals surface area contributed by atoms with Crippen molar-refractivity contribution in [1.82, 2.24) is 57.7 Å². The zero-order valence-corrected chi connectivity index (χ0v) is 55.6. The number of aliphatic carboxylic acids is 2. The molecular weight excluding hydrogens is 1290 g/mol. The van der Waals surface area contributed by atoms with Crippen LogP contribution in [0.1, 0.15) is 95.4 Å². The molecule has 2 heterocycles. The Morgan fingerprint density at radius 3 is 1.03 bits per heavy atom. The summed E-state index contributed by atoms with van der Waals surface area (Å²) < 4.78 is 0. The highest BCUT2D eigenvalue weighted by Gasteiger charge is 2.45. The van der Waals surface area contributed by atoms with E-state index in [1.54, 1.807) is 121 Å². The van der Waals surface area contributed by atoms with Gasteiger partial charge in [-0.3, -0.25) is 57.5 Å². The number of carboxylic acid groups (broad SMARTS) is 2. The molecule has 2 aliphatic rings. The fraction of sp³-hybridized carbons (Fsp3) is 0.464. The van der Waals surface area contributed by atoms with Crippen LogP contribution in [0.15, 0.2) is 121 Å². The van der Waals surface area contributed by atoms with E-state index in [1.165, 1.54) is 11.8 Å². The lowest BCUT2D eigenvalue weighted by molar-refractivity contribution is -0.146. The topological polar surface area (TPSA) is 458 Å². The Hall–Kier alpha value is -10.2. The van der Waals surface area contributed by atoms with Gasteiger partial charge in [0, 0.05) is 52.1 Å². The Bertz CT molecular complexity index is 3460. The minimum atomic E-state index is -1.89. The largest absolute Gasteiger partial charge is 0.481 e. The second-order valence-corrected chi connectivity index (χ2v) is 24.8. The minimum absolute atomic E-state index is 0.0175. The summed E-state index contributed by atoms with van der Waals surface area (Å²) in [4.78, 5) is 180. The number of aliphatic hydroxyl groups is 4. The molecule has 0 aliphatic carbocycles. The van der Waals surface area contributed by atoms with E-state index in [4.69, 9.17) is 5.11 Å². The molecule has 30 heteroatoms. The molecular formula is C69H89N11O19. The van der Waals surface area contributed by atoms with Crippen LogP contribution in [0.25, 0.3) is 0 Å². The zero-order valence-electron chi connectivity index (χ0n) is 55.6. The summed E-state index contributed by atoms with van der Waals surface area (Å²) in [5.74, 6) is -13.1. The molecule has 2 fully saturated rings. The summed E-state index contributed by atoms with van der Waals surface area (Å²) in [6.07, 6.45) is -7.75. The van der Waals surface area contributed by atoms with Gasteiger partial charge in [-0.25, -0.2) is 4.79 Å². The first-order valence-corrected chi connectivity index (χ1v) is 32.7. The predicted octanol–water partition coefficient (Wildman–Crippen LogP) is -2.21. The lowest BCUT2D eigenvalue weighted by Gasteiger charge is -2.33. The number of benzene rings is 4. The fourth-order valence-electron chi connectivity index (χ4n) is 11.7. The normalized spacial score (nSPS) is 18.2. The molecule has 0 unspecified atom stereocenters. The van der Waals surface area contributed by atoms with Crippen molar-refractivity contribution in [3.05, 3.63) is 144 Å². The van der Waals surface area contributed by atoms with Gasteiger partial charge < -0.3 is 88.3 Å². The van der Waals surface area contributed by atoms with Crippen LogP contribution in [0.2, 0.25) is 0 Å². The first kappa shape index (κ1) is 77.8. The van der Waals surface area contributed by atoms with Crippen molar-refractivity contribution in [3.8, 4) is 0 Å². The van der Waals surface area contributed by atoms with Crippen molar-refractivity contribution >= 4 is 76.9 Å². The van der Waals surface area contributed by atoms with Crippen LogP contribution in [-0.4, -0.2) is 221 Å². The Morgan fingerprint density at radius 2 is 0.687 bits per heavy atom. The van der Waals surface area contributed by atoms with E-state index >= 15 is 4.79 Å². The number of carboxylic acids is 2. The predicted molar refractivity (Wildman–Crippen MR) is 354 cm³/mol. The number of aliphatic hydroxyl groups excluding tert-OH is 4. The molecule has 15 atom stereocenters. The van der Waals surface area contributed by atoms with Gasteiger partial charge in [-0.1, -0.05) is 121 Å². The molecule has 2 aliphatic heterocycles. The van der Waals surface area contributed by atoms with Gasteiger partial charge in [0.2, 0.25) is 65.0 Å². The smallest absolute Gasteiger partial charge is 0.326 e. The van der Waals surface area contributed by atoms with Crippen molar-refractivity contribution in [2.24, 2.45) is 0 Å². The molecule has 4 aromatic carbocycles. The van der Waals surface area contributed by atoms with Gasteiger partial charge in [0.1, 0.15) is 66.5 Å². The Balaban J connectivity index is 1.18. The Labute approximate surface area is 571 Å². The number of nitrogens with one attached hydrogen (secondary N) is 9. The molecule has 2 saturated heterocycles. The van der Waals surface area contributed by atoms with Crippen LogP contribution in [-0.2, 0) is 88.0 Å². The molecule has 30 nitrogen and oxygen atoms in total. The number of nitrogens with zero attached hydrogens (tertiary/aromatic N) is 2. The highest BCUT2D eigenvalue weighted by atomic mass is 16.4. The van der Waals surface area contributed by atoms with Crippen LogP contribution >= 0.6 is 0 Å². The third-order valence-corrected chi connectivity index (χ3v) is 16.9. The van der Waals surface area contributed by atoms with Crippen molar-refractivity contribution in [2.45, 2.75) is 190 Å². The number of carbonyl (C=O) groups is 13. The average molecular weight is 1380 g/mol. The van der Waals surface area contributed by atoms with Crippen molar-refractivity contribution in [1.29, 1.82) is 0 Å². The summed E-state index contributed by atoms with van der Waals surface area (Å²) in [6, 6.07) is 18.0. The lowest BCUT2D eigenvalue weighted by Crippen LogP contribution is -2.64. The van der Waals surface area contributed by atoms with Crippen LogP contribution in [0, 0.1) is 0 Å². The van der Waals surface area contributed by atoms with E-state index < -0.39 is 181 Å². The van der Waals surface area contributed by atoms with Crippen molar-refractivity contribution in [3.63, 3.8) is 0 Å². The first-order chi connectivity index (χ1) is 47.0. The minimum Gasteiger partial charge on any atom is -0.481 e. The van der Waals surface area contributed by atoms with Gasteiger partial charge in [0.15, 0.2) is 0 Å². The molecule has 0 radical (unpaired) electrons. The monoisotopic (exact) mass is 1380 g/mol. The van der Waals surface area contributed by atoms with Gasteiger partial charge in [-0.2, -0.15) is 0 Å². The summed E-state index contributed by atoms with van der Waals surface area (Å²) >= 11 is 0. The third-order valence-electron chi connectivity index (χ3n) is 16.9. The van der Waals surface area contributed by atoms with Gasteiger partial charge in [0.05, 0.1) is 24.4 Å². The number of rotatable bonds is 35. The van der Waals surface area contributed by atoms with Gasteiger partial charge in [-0.15, -0.1) is 0 Å². The highest BCUT2D eigenvalue weighted by molar-refractivity contribution is 6.00. The molecule has 6 rings (SSSR count). The quantitative estimate of drug-likeness (QED) is 0.0232. The van der Waals surface area contributed by atoms with E-state index in [0.29, 0.717) is 16.7 Å². The second-order valence-electron chi connectivity index (χ2n) is 24.8. The molecule has 0 spiro atoms. The van der Waals surface area contributed by atoms with E-state index in [1.807, 2.05) is 5.32 Å². The van der Waals surface area contributed by atoms with Crippen molar-refractivity contribution < 1.29 is 93.0 Å². The zero-order chi connectivity index (χ0) is 72.6. The van der Waals surface area contributed by atoms with Gasteiger partial charge >= 0.3 is 11.9 Å². The fourth-order valence-corrected chi connectivity index (χ4v) is 11.7. The number of carbonyl (C=O) groups excluding carboxylic acids is 11. The number of hydrogen-bond donors (Lipinski definition) is 15. The molecule has 15 N–H and O–H groups in total. The maximum atomic E-state index is 15.1. The average Bonchev–Trinajstić information content (AvgIpc) is 1.76. The van der Waals surface area contributed by atoms with E-state index in [9.17, 15) is 83.1 Å². The molecule has 99 heavy (non-hydrogen) atoms.